The molecular weight excluding hydrogens is 243 g/mol. The number of hydrogen-bond acceptors (Lipinski definition) is 2. The molecule has 0 amide bonds. The molecule has 0 unspecified atom stereocenters. The van der Waals surface area contributed by atoms with E-state index in [-0.39, 0.29) is 5.75 Å². The lowest BCUT2D eigenvalue weighted by Crippen LogP contribution is -1.91. The normalized spacial score (nSPS) is 12.1. The fraction of sp³-hybridized carbons (Fsp3) is 0.111. The quantitative estimate of drug-likeness (QED) is 0.774. The van der Waals surface area contributed by atoms with Crippen LogP contribution in [0.4, 0.5) is 0 Å². The Morgan fingerprint density at radius 2 is 1.79 bits per heavy atom. The molecule has 76 valence electrons. The van der Waals surface area contributed by atoms with E-state index in [9.17, 15) is 8.42 Å². The largest absolute Gasteiger partial charge is 0.236 e. The zero-order valence-corrected chi connectivity index (χ0v) is 9.48. The van der Waals surface area contributed by atoms with Gasteiger partial charge in [-0.05, 0) is 17.7 Å². The topological polar surface area (TPSA) is 34.1 Å². The van der Waals surface area contributed by atoms with Crippen LogP contribution in [0.2, 0.25) is 5.02 Å². The minimum absolute atomic E-state index is 0.169. The van der Waals surface area contributed by atoms with Crippen molar-refractivity contribution in [3.8, 4) is 0 Å². The second-order valence-corrected chi connectivity index (χ2v) is 5.92. The molecule has 1 aromatic rings. The van der Waals surface area contributed by atoms with Gasteiger partial charge in [-0.1, -0.05) is 35.9 Å². The third-order valence-electron chi connectivity index (χ3n) is 1.48. The molecule has 5 heteroatoms. The molecule has 1 rings (SSSR count). The zero-order valence-electron chi connectivity index (χ0n) is 7.15. The predicted octanol–water partition coefficient (Wildman–Crippen LogP) is 2.92. The first-order valence-electron chi connectivity index (χ1n) is 3.82. The first-order valence-corrected chi connectivity index (χ1v) is 6.67. The lowest BCUT2D eigenvalue weighted by molar-refractivity contribution is 0.612. The van der Waals surface area contributed by atoms with Crippen LogP contribution < -0.4 is 0 Å². The predicted molar refractivity (Wildman–Crippen MR) is 60.1 cm³/mol. The van der Waals surface area contributed by atoms with E-state index in [4.69, 9.17) is 22.3 Å². The standard InChI is InChI=1S/C9H8Cl2O2S/c10-9-5-3-8(4-6-9)2-1-7-14(11,12)13/h1-6H,7H2. The summed E-state index contributed by atoms with van der Waals surface area (Å²) in [4.78, 5) is 0. The molecule has 14 heavy (non-hydrogen) atoms. The van der Waals surface area contributed by atoms with E-state index in [2.05, 4.69) is 0 Å². The molecule has 0 N–H and O–H groups in total. The van der Waals surface area contributed by atoms with Crippen molar-refractivity contribution in [1.29, 1.82) is 0 Å². The number of hydrogen-bond donors (Lipinski definition) is 0. The van der Waals surface area contributed by atoms with Gasteiger partial charge in [-0.15, -0.1) is 0 Å². The van der Waals surface area contributed by atoms with Gasteiger partial charge in [0.1, 0.15) is 0 Å². The highest BCUT2D eigenvalue weighted by Gasteiger charge is 1.99. The molecule has 2 nitrogen and oxygen atoms in total. The van der Waals surface area contributed by atoms with Crippen LogP contribution in [0.5, 0.6) is 0 Å². The van der Waals surface area contributed by atoms with Crippen LogP contribution in [0.1, 0.15) is 5.56 Å². The van der Waals surface area contributed by atoms with Gasteiger partial charge in [-0.2, -0.15) is 0 Å². The molecule has 0 aliphatic heterocycles. The summed E-state index contributed by atoms with van der Waals surface area (Å²) >= 11 is 5.68. The average Bonchev–Trinajstić information content (AvgIpc) is 2.06. The summed E-state index contributed by atoms with van der Waals surface area (Å²) < 4.78 is 21.1. The number of rotatable bonds is 3. The van der Waals surface area contributed by atoms with Gasteiger partial charge in [-0.25, -0.2) is 8.42 Å². The lowest BCUT2D eigenvalue weighted by atomic mass is 10.2. The molecule has 0 atom stereocenters. The second-order valence-electron chi connectivity index (χ2n) is 2.66. The van der Waals surface area contributed by atoms with Crippen molar-refractivity contribution in [3.05, 3.63) is 40.9 Å². The highest BCUT2D eigenvalue weighted by atomic mass is 35.7. The summed E-state index contributed by atoms with van der Waals surface area (Å²) in [5.41, 5.74) is 0.884. The molecule has 0 heterocycles. The van der Waals surface area contributed by atoms with E-state index in [1.807, 2.05) is 0 Å². The molecule has 0 bridgehead atoms. The summed E-state index contributed by atoms with van der Waals surface area (Å²) in [7, 11) is 1.58. The Hall–Kier alpha value is -0.510. The maximum absolute atomic E-state index is 10.6. The summed E-state index contributed by atoms with van der Waals surface area (Å²) in [6.45, 7) is 0. The molecule has 1 aromatic carbocycles. The fourth-order valence-electron chi connectivity index (χ4n) is 0.873. The van der Waals surface area contributed by atoms with Crippen LogP contribution in [0.15, 0.2) is 30.3 Å². The Balaban J connectivity index is 2.65. The van der Waals surface area contributed by atoms with Gasteiger partial charge >= 0.3 is 0 Å². The second kappa shape index (κ2) is 4.82. The molecule has 0 spiro atoms. The Labute approximate surface area is 92.6 Å². The van der Waals surface area contributed by atoms with Crippen molar-refractivity contribution < 1.29 is 8.42 Å². The summed E-state index contributed by atoms with van der Waals surface area (Å²) in [5.74, 6) is -0.169. The minimum Gasteiger partial charge on any atom is -0.212 e. The monoisotopic (exact) mass is 250 g/mol. The van der Waals surface area contributed by atoms with Crippen LogP contribution in [-0.2, 0) is 9.05 Å². The van der Waals surface area contributed by atoms with Crippen LogP contribution >= 0.6 is 22.3 Å². The van der Waals surface area contributed by atoms with Crippen LogP contribution in [-0.4, -0.2) is 14.2 Å². The van der Waals surface area contributed by atoms with Gasteiger partial charge in [0.15, 0.2) is 0 Å². The molecule has 0 saturated carbocycles. The van der Waals surface area contributed by atoms with Gasteiger partial charge in [0, 0.05) is 15.7 Å². The van der Waals surface area contributed by atoms with E-state index in [0.29, 0.717) is 5.02 Å². The van der Waals surface area contributed by atoms with Crippen molar-refractivity contribution in [2.24, 2.45) is 0 Å². The third-order valence-corrected chi connectivity index (χ3v) is 2.70. The van der Waals surface area contributed by atoms with Crippen molar-refractivity contribution in [3.63, 3.8) is 0 Å². The molecule has 0 aromatic heterocycles. The van der Waals surface area contributed by atoms with Crippen LogP contribution in [0.3, 0.4) is 0 Å². The van der Waals surface area contributed by atoms with E-state index in [0.717, 1.165) is 5.56 Å². The molecule has 0 fully saturated rings. The number of halogens is 2. The maximum Gasteiger partial charge on any atom is 0.236 e. The first-order chi connectivity index (χ1) is 6.47. The molecule has 0 saturated heterocycles. The molecule has 0 aliphatic carbocycles. The number of benzene rings is 1. The summed E-state index contributed by atoms with van der Waals surface area (Å²) in [6, 6.07) is 7.05. The fourth-order valence-corrected chi connectivity index (χ4v) is 1.54. The van der Waals surface area contributed by atoms with Gasteiger partial charge in [0.2, 0.25) is 9.05 Å². The first kappa shape index (κ1) is 11.6. The third kappa shape index (κ3) is 4.65. The Kier molecular flexibility index (Phi) is 3.98. The smallest absolute Gasteiger partial charge is 0.212 e. The van der Waals surface area contributed by atoms with Crippen LogP contribution in [0, 0.1) is 0 Å². The van der Waals surface area contributed by atoms with Crippen molar-refractivity contribution in [1.82, 2.24) is 0 Å². The zero-order chi connectivity index (χ0) is 10.6. The van der Waals surface area contributed by atoms with Gasteiger partial charge < -0.3 is 0 Å². The van der Waals surface area contributed by atoms with E-state index in [1.54, 1.807) is 30.3 Å². The highest BCUT2D eigenvalue weighted by molar-refractivity contribution is 8.13. The molecule has 0 aliphatic rings. The van der Waals surface area contributed by atoms with E-state index in [1.165, 1.54) is 6.08 Å². The lowest BCUT2D eigenvalue weighted by Gasteiger charge is -1.92. The summed E-state index contributed by atoms with van der Waals surface area (Å²) in [5, 5.41) is 0.645. The van der Waals surface area contributed by atoms with Gasteiger partial charge in [0.25, 0.3) is 0 Å². The highest BCUT2D eigenvalue weighted by Crippen LogP contribution is 2.10. The van der Waals surface area contributed by atoms with Gasteiger partial charge in [-0.3, -0.25) is 0 Å². The van der Waals surface area contributed by atoms with Crippen LogP contribution in [0.25, 0.3) is 6.08 Å². The average molecular weight is 251 g/mol. The maximum atomic E-state index is 10.6. The SMILES string of the molecule is O=S(=O)(Cl)CC=Cc1ccc(Cl)cc1. The Bertz CT molecular complexity index is 421. The Morgan fingerprint density at radius 3 is 2.29 bits per heavy atom. The van der Waals surface area contributed by atoms with E-state index >= 15 is 0 Å². The molecule has 0 radical (unpaired) electrons. The Morgan fingerprint density at radius 1 is 1.21 bits per heavy atom. The minimum atomic E-state index is -3.44. The van der Waals surface area contributed by atoms with Crippen molar-refractivity contribution in [2.45, 2.75) is 0 Å². The summed E-state index contributed by atoms with van der Waals surface area (Å²) in [6.07, 6.45) is 3.17. The van der Waals surface area contributed by atoms with Crippen molar-refractivity contribution in [2.75, 3.05) is 5.75 Å². The van der Waals surface area contributed by atoms with Crippen molar-refractivity contribution >= 4 is 37.4 Å². The molecular formula is C9H8Cl2O2S. The van der Waals surface area contributed by atoms with Gasteiger partial charge in [0.05, 0.1) is 5.75 Å². The van der Waals surface area contributed by atoms with E-state index < -0.39 is 9.05 Å².